The molecule has 2 aromatic heterocycles. The van der Waals surface area contributed by atoms with Crippen LogP contribution in [0.3, 0.4) is 0 Å². The van der Waals surface area contributed by atoms with Gasteiger partial charge in [-0.15, -0.1) is 0 Å². The Morgan fingerprint density at radius 1 is 1.07 bits per heavy atom. The van der Waals surface area contributed by atoms with Crippen LogP contribution in [0.4, 0.5) is 4.39 Å². The van der Waals surface area contributed by atoms with E-state index in [0.717, 1.165) is 53.7 Å². The lowest BCUT2D eigenvalue weighted by molar-refractivity contribution is 0.0994. The Bertz CT molecular complexity index is 1250. The van der Waals surface area contributed by atoms with Gasteiger partial charge in [0.1, 0.15) is 12.1 Å². The van der Waals surface area contributed by atoms with Gasteiger partial charge in [-0.1, -0.05) is 13.8 Å². The largest absolute Gasteiger partial charge is 0.444 e. The van der Waals surface area contributed by atoms with E-state index in [1.54, 1.807) is 6.07 Å². The molecule has 2 aromatic carbocycles. The molecular formula is C24H24FN3O2. The molecular weight excluding hydrogens is 381 g/mol. The molecule has 0 aliphatic heterocycles. The molecule has 0 unspecified atom stereocenters. The first kappa shape index (κ1) is 19.0. The van der Waals surface area contributed by atoms with Crippen molar-refractivity contribution in [3.05, 3.63) is 53.7 Å². The number of fused-ring (bicyclic) bond motifs is 5. The van der Waals surface area contributed by atoms with Gasteiger partial charge in [-0.05, 0) is 49.3 Å². The third-order valence-electron chi connectivity index (χ3n) is 6.34. The van der Waals surface area contributed by atoms with E-state index in [1.807, 2.05) is 18.2 Å². The number of benzene rings is 2. The molecule has 4 aromatic rings. The molecule has 0 radical (unpaired) electrons. The molecule has 5 rings (SSSR count). The molecule has 1 aliphatic rings. The van der Waals surface area contributed by atoms with Crippen LogP contribution in [0.5, 0.6) is 0 Å². The van der Waals surface area contributed by atoms with Gasteiger partial charge < -0.3 is 13.9 Å². The number of nitrogens with zero attached hydrogens (tertiary/aromatic N) is 3. The van der Waals surface area contributed by atoms with Gasteiger partial charge in [0.05, 0.1) is 17.3 Å². The number of rotatable bonds is 6. The number of likely N-dealkylation sites (N-methyl/N-ethyl adjacent to an activating group) is 1. The summed E-state index contributed by atoms with van der Waals surface area (Å²) in [5.41, 5.74) is 3.86. The van der Waals surface area contributed by atoms with Crippen LogP contribution in [0.2, 0.25) is 0 Å². The van der Waals surface area contributed by atoms with E-state index in [1.165, 1.54) is 12.5 Å². The van der Waals surface area contributed by atoms with Crippen LogP contribution < -0.4 is 0 Å². The fourth-order valence-electron chi connectivity index (χ4n) is 4.74. The van der Waals surface area contributed by atoms with Crippen molar-refractivity contribution in [1.82, 2.24) is 14.5 Å². The molecule has 0 fully saturated rings. The third kappa shape index (κ3) is 2.78. The Labute approximate surface area is 174 Å². The minimum absolute atomic E-state index is 0.139. The Kier molecular flexibility index (Phi) is 4.66. The minimum atomic E-state index is -0.339. The van der Waals surface area contributed by atoms with E-state index in [2.05, 4.69) is 28.3 Å². The van der Waals surface area contributed by atoms with Crippen molar-refractivity contribution in [2.24, 2.45) is 0 Å². The van der Waals surface area contributed by atoms with Crippen molar-refractivity contribution in [3.63, 3.8) is 0 Å². The first-order valence-corrected chi connectivity index (χ1v) is 10.6. The fraction of sp³-hybridized carbons (Fsp3) is 0.333. The molecule has 154 valence electrons. The average Bonchev–Trinajstić information content (AvgIpc) is 3.48. The van der Waals surface area contributed by atoms with Gasteiger partial charge in [-0.25, -0.2) is 9.37 Å². The smallest absolute Gasteiger partial charge is 0.228 e. The summed E-state index contributed by atoms with van der Waals surface area (Å²) in [5.74, 6) is 0.0663. The quantitative estimate of drug-likeness (QED) is 0.450. The number of carbonyl (C=O) groups is 1. The molecule has 30 heavy (non-hydrogen) atoms. The molecule has 0 saturated carbocycles. The molecule has 1 aliphatic carbocycles. The SMILES string of the molecule is CCN(CC)CCn1c2ccc(-c3ncco3)c(F)c2c2c3c(ccc21)C(=O)CC3. The van der Waals surface area contributed by atoms with Gasteiger partial charge in [0, 0.05) is 41.4 Å². The van der Waals surface area contributed by atoms with Crippen molar-refractivity contribution in [1.29, 1.82) is 0 Å². The second-order valence-electron chi connectivity index (χ2n) is 7.75. The average molecular weight is 405 g/mol. The van der Waals surface area contributed by atoms with Gasteiger partial charge in [-0.3, -0.25) is 4.79 Å². The highest BCUT2D eigenvalue weighted by molar-refractivity contribution is 6.15. The lowest BCUT2D eigenvalue weighted by atomic mass is 10.0. The summed E-state index contributed by atoms with van der Waals surface area (Å²) >= 11 is 0. The normalized spacial score (nSPS) is 13.8. The van der Waals surface area contributed by atoms with Crippen LogP contribution in [-0.4, -0.2) is 39.9 Å². The van der Waals surface area contributed by atoms with Crippen molar-refractivity contribution in [2.75, 3.05) is 19.6 Å². The van der Waals surface area contributed by atoms with Crippen molar-refractivity contribution < 1.29 is 13.6 Å². The molecule has 6 heteroatoms. The number of ketones is 1. The number of carbonyl (C=O) groups excluding carboxylic acids is 1. The zero-order valence-corrected chi connectivity index (χ0v) is 17.2. The maximum absolute atomic E-state index is 15.9. The van der Waals surface area contributed by atoms with E-state index < -0.39 is 0 Å². The van der Waals surface area contributed by atoms with Gasteiger partial charge in [0.15, 0.2) is 5.78 Å². The Balaban J connectivity index is 1.79. The van der Waals surface area contributed by atoms with Crippen LogP contribution in [0.25, 0.3) is 33.3 Å². The van der Waals surface area contributed by atoms with E-state index in [9.17, 15) is 4.79 Å². The zero-order chi connectivity index (χ0) is 20.8. The maximum Gasteiger partial charge on any atom is 0.228 e. The molecule has 0 bridgehead atoms. The molecule has 0 amide bonds. The second kappa shape index (κ2) is 7.36. The van der Waals surface area contributed by atoms with Crippen LogP contribution in [0.15, 0.2) is 41.1 Å². The van der Waals surface area contributed by atoms with Crippen molar-refractivity contribution >= 4 is 27.6 Å². The Morgan fingerprint density at radius 3 is 2.50 bits per heavy atom. The highest BCUT2D eigenvalue weighted by Gasteiger charge is 2.27. The van der Waals surface area contributed by atoms with Crippen LogP contribution in [0, 0.1) is 5.82 Å². The number of hydrogen-bond donors (Lipinski definition) is 0. The Hall–Kier alpha value is -2.99. The number of aromatic nitrogens is 2. The van der Waals surface area contributed by atoms with E-state index in [4.69, 9.17) is 4.42 Å². The fourth-order valence-corrected chi connectivity index (χ4v) is 4.74. The minimum Gasteiger partial charge on any atom is -0.444 e. The van der Waals surface area contributed by atoms with Crippen LogP contribution in [0.1, 0.15) is 36.2 Å². The van der Waals surface area contributed by atoms with Gasteiger partial charge in [-0.2, -0.15) is 0 Å². The van der Waals surface area contributed by atoms with E-state index in [-0.39, 0.29) is 17.5 Å². The first-order valence-electron chi connectivity index (χ1n) is 10.6. The summed E-state index contributed by atoms with van der Waals surface area (Å²) in [6.45, 7) is 7.88. The highest BCUT2D eigenvalue weighted by atomic mass is 19.1. The first-order chi connectivity index (χ1) is 14.6. The third-order valence-corrected chi connectivity index (χ3v) is 6.34. The molecule has 2 heterocycles. The van der Waals surface area contributed by atoms with E-state index >= 15 is 4.39 Å². The lowest BCUT2D eigenvalue weighted by Gasteiger charge is -2.19. The number of hydrogen-bond acceptors (Lipinski definition) is 4. The number of Topliss-reactive ketones (excluding diaryl/α,β-unsaturated/α-hetero) is 1. The van der Waals surface area contributed by atoms with Crippen molar-refractivity contribution in [3.8, 4) is 11.5 Å². The summed E-state index contributed by atoms with van der Waals surface area (Å²) < 4.78 is 23.4. The molecule has 0 N–H and O–H groups in total. The van der Waals surface area contributed by atoms with Gasteiger partial charge in [0.25, 0.3) is 0 Å². The lowest BCUT2D eigenvalue weighted by Crippen LogP contribution is -2.26. The van der Waals surface area contributed by atoms with Gasteiger partial charge in [0.2, 0.25) is 5.89 Å². The topological polar surface area (TPSA) is 51.3 Å². The number of aryl methyl sites for hydroxylation is 1. The van der Waals surface area contributed by atoms with E-state index in [0.29, 0.717) is 23.8 Å². The molecule has 0 atom stereocenters. The summed E-state index contributed by atoms with van der Waals surface area (Å²) in [6.07, 6.45) is 4.11. The second-order valence-corrected chi connectivity index (χ2v) is 7.75. The molecule has 5 nitrogen and oxygen atoms in total. The predicted octanol–water partition coefficient (Wildman–Crippen LogP) is 5.06. The Morgan fingerprint density at radius 2 is 1.80 bits per heavy atom. The van der Waals surface area contributed by atoms with Crippen LogP contribution in [-0.2, 0) is 13.0 Å². The predicted molar refractivity (Wildman–Crippen MR) is 115 cm³/mol. The summed E-state index contributed by atoms with van der Waals surface area (Å²) in [7, 11) is 0. The number of oxazole rings is 1. The van der Waals surface area contributed by atoms with Crippen molar-refractivity contribution in [2.45, 2.75) is 33.2 Å². The summed E-state index contributed by atoms with van der Waals surface area (Å²) in [6, 6.07) is 7.57. The monoisotopic (exact) mass is 405 g/mol. The molecule has 0 saturated heterocycles. The van der Waals surface area contributed by atoms with Gasteiger partial charge >= 0.3 is 0 Å². The number of halogens is 1. The highest BCUT2D eigenvalue weighted by Crippen LogP contribution is 2.40. The van der Waals surface area contributed by atoms with Crippen LogP contribution >= 0.6 is 0 Å². The molecule has 0 spiro atoms. The standard InChI is InChI=1S/C24H24FN3O2/c1-3-27(4-2)12-13-28-18-8-5-15-16(7-10-20(15)29)21(18)22-19(28)9-6-17(23(22)25)24-26-11-14-30-24/h5-6,8-9,11,14H,3-4,7,10,12-13H2,1-2H3. The summed E-state index contributed by atoms with van der Waals surface area (Å²) in [4.78, 5) is 18.8. The maximum atomic E-state index is 15.9. The zero-order valence-electron chi connectivity index (χ0n) is 17.2. The summed E-state index contributed by atoms with van der Waals surface area (Å²) in [5, 5.41) is 1.42.